The molecule has 1 saturated heterocycles. The first kappa shape index (κ1) is 22.9. The summed E-state index contributed by atoms with van der Waals surface area (Å²) >= 11 is 17.7. The van der Waals surface area contributed by atoms with Crippen LogP contribution in [0.2, 0.25) is 15.1 Å². The molecule has 2 aromatic carbocycles. The van der Waals surface area contributed by atoms with Gasteiger partial charge in [0.1, 0.15) is 0 Å². The maximum Gasteiger partial charge on any atom is 0.311 e. The van der Waals surface area contributed by atoms with Gasteiger partial charge in [-0.2, -0.15) is 0 Å². The van der Waals surface area contributed by atoms with Crippen LogP contribution in [-0.2, 0) is 19.1 Å². The summed E-state index contributed by atoms with van der Waals surface area (Å²) in [6.07, 6.45) is -0.160. The largest absolute Gasteiger partial charge is 0.455 e. The van der Waals surface area contributed by atoms with Gasteiger partial charge in [-0.05, 0) is 30.3 Å². The maximum atomic E-state index is 12.3. The first-order valence-electron chi connectivity index (χ1n) is 9.02. The topological polar surface area (TPSA) is 105 Å². The minimum atomic E-state index is -0.824. The SMILES string of the molecule is O=C(COC(=O)[C@H]1CC(=O)N(NC(=O)c2ccc(Cl)c(Cl)c2)C1)Nc1ccccc1Cl. The summed E-state index contributed by atoms with van der Waals surface area (Å²) in [7, 11) is 0. The molecule has 1 fully saturated rings. The van der Waals surface area contributed by atoms with E-state index in [1.807, 2.05) is 0 Å². The molecule has 2 N–H and O–H groups in total. The third-order valence-electron chi connectivity index (χ3n) is 4.37. The number of carbonyl (C=O) groups excluding carboxylic acids is 4. The fourth-order valence-electron chi connectivity index (χ4n) is 2.80. The predicted octanol–water partition coefficient (Wildman–Crippen LogP) is 3.32. The molecule has 0 radical (unpaired) electrons. The first-order chi connectivity index (χ1) is 14.7. The van der Waals surface area contributed by atoms with Crippen molar-refractivity contribution < 1.29 is 23.9 Å². The Hall–Kier alpha value is -2.81. The summed E-state index contributed by atoms with van der Waals surface area (Å²) in [6, 6.07) is 10.9. The van der Waals surface area contributed by atoms with Crippen LogP contribution >= 0.6 is 34.8 Å². The number of hydrazine groups is 1. The smallest absolute Gasteiger partial charge is 0.311 e. The monoisotopic (exact) mass is 483 g/mol. The van der Waals surface area contributed by atoms with Crippen LogP contribution in [0, 0.1) is 5.92 Å². The number of carbonyl (C=O) groups is 4. The molecule has 0 bridgehead atoms. The second kappa shape index (κ2) is 10.00. The van der Waals surface area contributed by atoms with Gasteiger partial charge in [0, 0.05) is 12.0 Å². The van der Waals surface area contributed by atoms with Gasteiger partial charge in [0.05, 0.1) is 33.2 Å². The number of para-hydroxylation sites is 1. The van der Waals surface area contributed by atoms with E-state index in [-0.39, 0.29) is 28.6 Å². The number of benzene rings is 2. The second-order valence-corrected chi connectivity index (χ2v) is 7.83. The van der Waals surface area contributed by atoms with Gasteiger partial charge in [-0.1, -0.05) is 46.9 Å². The molecule has 0 aromatic heterocycles. The van der Waals surface area contributed by atoms with Gasteiger partial charge in [-0.3, -0.25) is 29.6 Å². The zero-order valence-corrected chi connectivity index (χ0v) is 18.1. The molecule has 162 valence electrons. The Morgan fingerprint density at radius 2 is 1.77 bits per heavy atom. The Balaban J connectivity index is 1.50. The van der Waals surface area contributed by atoms with Gasteiger partial charge < -0.3 is 10.1 Å². The lowest BCUT2D eigenvalue weighted by molar-refractivity contribution is -0.151. The number of hydrogen-bond acceptors (Lipinski definition) is 5. The molecule has 1 aliphatic rings. The third-order valence-corrected chi connectivity index (χ3v) is 5.44. The number of esters is 1. The Kier molecular flexibility index (Phi) is 7.37. The number of amides is 3. The number of anilines is 1. The van der Waals surface area contributed by atoms with Gasteiger partial charge in [0.2, 0.25) is 5.91 Å². The van der Waals surface area contributed by atoms with Crippen LogP contribution in [-0.4, -0.2) is 41.9 Å². The lowest BCUT2D eigenvalue weighted by Crippen LogP contribution is -2.43. The zero-order chi connectivity index (χ0) is 22.5. The lowest BCUT2D eigenvalue weighted by Gasteiger charge is -2.17. The number of nitrogens with zero attached hydrogens (tertiary/aromatic N) is 1. The van der Waals surface area contributed by atoms with E-state index < -0.39 is 36.2 Å². The Bertz CT molecular complexity index is 1050. The molecule has 0 unspecified atom stereocenters. The zero-order valence-electron chi connectivity index (χ0n) is 15.9. The highest BCUT2D eigenvalue weighted by Gasteiger charge is 2.36. The highest BCUT2D eigenvalue weighted by Crippen LogP contribution is 2.23. The molecule has 31 heavy (non-hydrogen) atoms. The van der Waals surface area contributed by atoms with Gasteiger partial charge >= 0.3 is 5.97 Å². The van der Waals surface area contributed by atoms with E-state index in [2.05, 4.69) is 10.7 Å². The molecule has 1 aliphatic heterocycles. The molecule has 3 rings (SSSR count). The number of halogens is 3. The van der Waals surface area contributed by atoms with Crippen molar-refractivity contribution >= 4 is 64.2 Å². The summed E-state index contributed by atoms with van der Waals surface area (Å²) in [5, 5.41) is 4.38. The van der Waals surface area contributed by atoms with Crippen molar-refractivity contribution in [3.05, 3.63) is 63.1 Å². The Morgan fingerprint density at radius 3 is 2.48 bits per heavy atom. The van der Waals surface area contributed by atoms with Crippen molar-refractivity contribution in [1.29, 1.82) is 0 Å². The number of nitrogens with one attached hydrogen (secondary N) is 2. The summed E-state index contributed by atoms with van der Waals surface area (Å²) in [5.74, 6) is -3.17. The quantitative estimate of drug-likeness (QED) is 0.612. The van der Waals surface area contributed by atoms with E-state index in [1.54, 1.807) is 24.3 Å². The van der Waals surface area contributed by atoms with Crippen LogP contribution in [0.15, 0.2) is 42.5 Å². The molecule has 11 heteroatoms. The molecular weight excluding hydrogens is 469 g/mol. The number of rotatable bonds is 6. The van der Waals surface area contributed by atoms with Gasteiger partial charge in [0.25, 0.3) is 11.8 Å². The van der Waals surface area contributed by atoms with Crippen LogP contribution in [0.25, 0.3) is 0 Å². The fourth-order valence-corrected chi connectivity index (χ4v) is 3.28. The van der Waals surface area contributed by atoms with E-state index in [1.165, 1.54) is 18.2 Å². The molecule has 0 aliphatic carbocycles. The standard InChI is InChI=1S/C20H16Cl3N3O5/c21-13-6-5-11(7-15(13)23)19(29)25-26-9-12(8-18(26)28)20(30)31-10-17(27)24-16-4-2-1-3-14(16)22/h1-7,12H,8-10H2,(H,24,27)(H,25,29)/t12-/m0/s1. The highest BCUT2D eigenvalue weighted by molar-refractivity contribution is 6.42. The lowest BCUT2D eigenvalue weighted by atomic mass is 10.1. The molecule has 2 aromatic rings. The molecule has 0 saturated carbocycles. The summed E-state index contributed by atoms with van der Waals surface area (Å²) in [6.45, 7) is -0.624. The first-order valence-corrected chi connectivity index (χ1v) is 10.2. The van der Waals surface area contributed by atoms with Crippen LogP contribution in [0.1, 0.15) is 16.8 Å². The molecule has 1 heterocycles. The van der Waals surface area contributed by atoms with Crippen molar-refractivity contribution in [2.75, 3.05) is 18.5 Å². The van der Waals surface area contributed by atoms with E-state index in [0.717, 1.165) is 5.01 Å². The normalized spacial score (nSPS) is 15.5. The van der Waals surface area contributed by atoms with E-state index in [9.17, 15) is 19.2 Å². The number of ether oxygens (including phenoxy) is 1. The summed E-state index contributed by atoms with van der Waals surface area (Å²) in [4.78, 5) is 48.7. The average Bonchev–Trinajstić information content (AvgIpc) is 3.10. The van der Waals surface area contributed by atoms with E-state index in [0.29, 0.717) is 10.7 Å². The van der Waals surface area contributed by atoms with Crippen LogP contribution < -0.4 is 10.7 Å². The van der Waals surface area contributed by atoms with Crippen LogP contribution in [0.4, 0.5) is 5.69 Å². The summed E-state index contributed by atoms with van der Waals surface area (Å²) < 4.78 is 5.00. The van der Waals surface area contributed by atoms with Crippen molar-refractivity contribution in [3.8, 4) is 0 Å². The van der Waals surface area contributed by atoms with Crippen molar-refractivity contribution in [2.24, 2.45) is 5.92 Å². The highest BCUT2D eigenvalue weighted by atomic mass is 35.5. The third kappa shape index (κ3) is 5.88. The van der Waals surface area contributed by atoms with Crippen molar-refractivity contribution in [2.45, 2.75) is 6.42 Å². The predicted molar refractivity (Wildman–Crippen MR) is 115 cm³/mol. The van der Waals surface area contributed by atoms with Crippen molar-refractivity contribution in [1.82, 2.24) is 10.4 Å². The van der Waals surface area contributed by atoms with E-state index in [4.69, 9.17) is 39.5 Å². The molecule has 8 nitrogen and oxygen atoms in total. The minimum Gasteiger partial charge on any atom is -0.455 e. The van der Waals surface area contributed by atoms with Gasteiger partial charge in [-0.15, -0.1) is 0 Å². The maximum absolute atomic E-state index is 12.3. The minimum absolute atomic E-state index is 0.0864. The second-order valence-electron chi connectivity index (χ2n) is 6.61. The van der Waals surface area contributed by atoms with Crippen molar-refractivity contribution in [3.63, 3.8) is 0 Å². The summed E-state index contributed by atoms with van der Waals surface area (Å²) in [5.41, 5.74) is 3.01. The Morgan fingerprint density at radius 1 is 1.03 bits per heavy atom. The average molecular weight is 485 g/mol. The van der Waals surface area contributed by atoms with E-state index >= 15 is 0 Å². The van der Waals surface area contributed by atoms with Crippen LogP contribution in [0.5, 0.6) is 0 Å². The molecule has 0 spiro atoms. The number of hydrogen-bond donors (Lipinski definition) is 2. The van der Waals surface area contributed by atoms with Gasteiger partial charge in [-0.25, -0.2) is 0 Å². The molecular formula is C20H16Cl3N3O5. The molecule has 1 atom stereocenters. The van der Waals surface area contributed by atoms with Crippen LogP contribution in [0.3, 0.4) is 0 Å². The Labute approximate surface area is 192 Å². The van der Waals surface area contributed by atoms with Gasteiger partial charge in [0.15, 0.2) is 6.61 Å². The fraction of sp³-hybridized carbons (Fsp3) is 0.200. The molecule has 3 amide bonds.